The highest BCUT2D eigenvalue weighted by Crippen LogP contribution is 2.28. The van der Waals surface area contributed by atoms with E-state index in [2.05, 4.69) is 24.1 Å². The van der Waals surface area contributed by atoms with Crippen molar-refractivity contribution >= 4 is 5.91 Å². The van der Waals surface area contributed by atoms with Crippen molar-refractivity contribution in [3.05, 3.63) is 0 Å². The predicted octanol–water partition coefficient (Wildman–Crippen LogP) is 1.67. The van der Waals surface area contributed by atoms with Gasteiger partial charge in [0.1, 0.15) is 0 Å². The molecule has 1 aliphatic carbocycles. The maximum absolute atomic E-state index is 12.3. The van der Waals surface area contributed by atoms with Crippen LogP contribution in [0.2, 0.25) is 0 Å². The van der Waals surface area contributed by atoms with E-state index >= 15 is 0 Å². The highest BCUT2D eigenvalue weighted by atomic mass is 16.3. The van der Waals surface area contributed by atoms with E-state index in [1.165, 1.54) is 38.5 Å². The predicted molar refractivity (Wildman–Crippen MR) is 75.9 cm³/mol. The largest absolute Gasteiger partial charge is 0.396 e. The molecule has 0 spiro atoms. The lowest BCUT2D eigenvalue weighted by Gasteiger charge is -2.47. The second-order valence-corrected chi connectivity index (χ2v) is 6.72. The summed E-state index contributed by atoms with van der Waals surface area (Å²) in [5, 5.41) is 12.3. The molecule has 0 bridgehead atoms. The Kier molecular flexibility index (Phi) is 4.85. The van der Waals surface area contributed by atoms with Crippen LogP contribution in [0.3, 0.4) is 0 Å². The third-order valence-electron chi connectivity index (χ3n) is 4.44. The molecule has 0 aromatic carbocycles. The number of aliphatic hydroxyl groups is 1. The molecule has 4 nitrogen and oxygen atoms in total. The molecule has 1 amide bonds. The molecule has 1 saturated carbocycles. The Bertz CT molecular complexity index is 309. The Morgan fingerprint density at radius 1 is 1.26 bits per heavy atom. The molecule has 1 aliphatic heterocycles. The Balaban J connectivity index is 2.13. The van der Waals surface area contributed by atoms with Gasteiger partial charge in [-0.3, -0.25) is 9.69 Å². The summed E-state index contributed by atoms with van der Waals surface area (Å²) in [4.78, 5) is 14.7. The fourth-order valence-corrected chi connectivity index (χ4v) is 3.57. The lowest BCUT2D eigenvalue weighted by Crippen LogP contribution is -2.66. The van der Waals surface area contributed by atoms with Gasteiger partial charge in [-0.25, -0.2) is 0 Å². The first-order chi connectivity index (χ1) is 9.03. The third kappa shape index (κ3) is 3.69. The van der Waals surface area contributed by atoms with Crippen LogP contribution in [0, 0.1) is 0 Å². The number of aliphatic hydroxyl groups excluding tert-OH is 1. The first kappa shape index (κ1) is 14.8. The van der Waals surface area contributed by atoms with Gasteiger partial charge in [-0.1, -0.05) is 25.7 Å². The Labute approximate surface area is 116 Å². The number of piperazine rings is 1. The molecule has 2 fully saturated rings. The summed E-state index contributed by atoms with van der Waals surface area (Å²) < 4.78 is 0. The fourth-order valence-electron chi connectivity index (χ4n) is 3.57. The summed E-state index contributed by atoms with van der Waals surface area (Å²) in [6.07, 6.45) is 8.15. The summed E-state index contributed by atoms with van der Waals surface area (Å²) >= 11 is 0. The second kappa shape index (κ2) is 6.23. The number of carbonyl (C=O) groups excluding carboxylic acids is 1. The van der Waals surface area contributed by atoms with E-state index in [0.717, 1.165) is 6.54 Å². The number of nitrogens with one attached hydrogen (secondary N) is 1. The minimum absolute atomic E-state index is 0.0851. The maximum atomic E-state index is 12.3. The Hall–Kier alpha value is -0.610. The van der Waals surface area contributed by atoms with E-state index in [1.807, 2.05) is 0 Å². The molecule has 1 atom stereocenters. The van der Waals surface area contributed by atoms with Crippen LogP contribution in [0.25, 0.3) is 0 Å². The summed E-state index contributed by atoms with van der Waals surface area (Å²) in [5.41, 5.74) is -0.157. The molecule has 4 heteroatoms. The van der Waals surface area contributed by atoms with Gasteiger partial charge in [0, 0.05) is 24.7 Å². The smallest absolute Gasteiger partial charge is 0.237 e. The zero-order valence-corrected chi connectivity index (χ0v) is 12.3. The molecule has 0 aromatic rings. The van der Waals surface area contributed by atoms with E-state index in [1.54, 1.807) is 0 Å². The minimum Gasteiger partial charge on any atom is -0.396 e. The fraction of sp³-hybridized carbons (Fsp3) is 0.933. The summed E-state index contributed by atoms with van der Waals surface area (Å²) in [5.74, 6) is 0.0922. The van der Waals surface area contributed by atoms with Crippen molar-refractivity contribution in [3.63, 3.8) is 0 Å². The first-order valence-electron chi connectivity index (χ1n) is 7.72. The standard InChI is InChI=1S/C15H28N2O2/c1-15(2)11-17(12-7-5-3-4-6-8-12)13(9-10-18)14(19)16-15/h12-13,18H,3-11H2,1-2H3,(H,16,19). The van der Waals surface area contributed by atoms with E-state index in [4.69, 9.17) is 0 Å². The number of hydrogen-bond acceptors (Lipinski definition) is 3. The number of carbonyl (C=O) groups is 1. The maximum Gasteiger partial charge on any atom is 0.237 e. The van der Waals surface area contributed by atoms with Crippen molar-refractivity contribution in [2.75, 3.05) is 13.2 Å². The van der Waals surface area contributed by atoms with E-state index in [0.29, 0.717) is 12.5 Å². The van der Waals surface area contributed by atoms with Crippen LogP contribution < -0.4 is 5.32 Å². The van der Waals surface area contributed by atoms with E-state index in [9.17, 15) is 9.90 Å². The van der Waals surface area contributed by atoms with Crippen LogP contribution >= 0.6 is 0 Å². The topological polar surface area (TPSA) is 52.6 Å². The van der Waals surface area contributed by atoms with Gasteiger partial charge in [-0.15, -0.1) is 0 Å². The Morgan fingerprint density at radius 2 is 1.89 bits per heavy atom. The molecule has 2 aliphatic rings. The number of nitrogens with zero attached hydrogens (tertiary/aromatic N) is 1. The number of hydrogen-bond donors (Lipinski definition) is 2. The van der Waals surface area contributed by atoms with Gasteiger partial charge < -0.3 is 10.4 Å². The molecule has 0 aromatic heterocycles. The van der Waals surface area contributed by atoms with Crippen LogP contribution in [0.4, 0.5) is 0 Å². The average molecular weight is 268 g/mol. The van der Waals surface area contributed by atoms with Gasteiger partial charge in [-0.2, -0.15) is 0 Å². The van der Waals surface area contributed by atoms with Crippen LogP contribution in [0.1, 0.15) is 58.8 Å². The molecular formula is C15H28N2O2. The van der Waals surface area contributed by atoms with E-state index < -0.39 is 0 Å². The molecule has 2 rings (SSSR count). The highest BCUT2D eigenvalue weighted by Gasteiger charge is 2.40. The van der Waals surface area contributed by atoms with Crippen molar-refractivity contribution < 1.29 is 9.90 Å². The number of amides is 1. The average Bonchev–Trinajstić information content (AvgIpc) is 2.60. The molecular weight excluding hydrogens is 240 g/mol. The van der Waals surface area contributed by atoms with Crippen molar-refractivity contribution in [2.24, 2.45) is 0 Å². The molecule has 1 heterocycles. The number of rotatable bonds is 3. The normalized spacial score (nSPS) is 29.8. The minimum atomic E-state index is -0.157. The van der Waals surface area contributed by atoms with Gasteiger partial charge in [0.15, 0.2) is 0 Å². The lowest BCUT2D eigenvalue weighted by molar-refractivity contribution is -0.135. The van der Waals surface area contributed by atoms with Gasteiger partial charge in [0.25, 0.3) is 0 Å². The van der Waals surface area contributed by atoms with Crippen LogP contribution in [0.5, 0.6) is 0 Å². The van der Waals surface area contributed by atoms with Crippen LogP contribution in [0.15, 0.2) is 0 Å². The Morgan fingerprint density at radius 3 is 2.47 bits per heavy atom. The van der Waals surface area contributed by atoms with Crippen molar-refractivity contribution in [1.29, 1.82) is 0 Å². The third-order valence-corrected chi connectivity index (χ3v) is 4.44. The van der Waals surface area contributed by atoms with Gasteiger partial charge in [-0.05, 0) is 33.1 Å². The zero-order chi connectivity index (χ0) is 13.9. The van der Waals surface area contributed by atoms with Crippen LogP contribution in [-0.4, -0.2) is 46.7 Å². The monoisotopic (exact) mass is 268 g/mol. The first-order valence-corrected chi connectivity index (χ1v) is 7.72. The summed E-state index contributed by atoms with van der Waals surface area (Å²) in [6, 6.07) is 0.380. The quantitative estimate of drug-likeness (QED) is 0.766. The summed E-state index contributed by atoms with van der Waals surface area (Å²) in [7, 11) is 0. The van der Waals surface area contributed by atoms with Gasteiger partial charge in [0.2, 0.25) is 5.91 Å². The van der Waals surface area contributed by atoms with Gasteiger partial charge >= 0.3 is 0 Å². The SMILES string of the molecule is CC1(C)CN(C2CCCCCC2)C(CCO)C(=O)N1. The van der Waals surface area contributed by atoms with Gasteiger partial charge in [0.05, 0.1) is 6.04 Å². The van der Waals surface area contributed by atoms with Crippen LogP contribution in [-0.2, 0) is 4.79 Å². The van der Waals surface area contributed by atoms with Crippen molar-refractivity contribution in [3.8, 4) is 0 Å². The van der Waals surface area contributed by atoms with E-state index in [-0.39, 0.29) is 24.1 Å². The molecule has 19 heavy (non-hydrogen) atoms. The van der Waals surface area contributed by atoms with Crippen molar-refractivity contribution in [1.82, 2.24) is 10.2 Å². The highest BCUT2D eigenvalue weighted by molar-refractivity contribution is 5.83. The summed E-state index contributed by atoms with van der Waals surface area (Å²) in [6.45, 7) is 5.16. The molecule has 0 radical (unpaired) electrons. The van der Waals surface area contributed by atoms with Crippen molar-refractivity contribution in [2.45, 2.75) is 76.4 Å². The molecule has 110 valence electrons. The molecule has 1 saturated heterocycles. The lowest BCUT2D eigenvalue weighted by atomic mass is 9.93. The molecule has 1 unspecified atom stereocenters. The molecule has 2 N–H and O–H groups in total. The zero-order valence-electron chi connectivity index (χ0n) is 12.3. The second-order valence-electron chi connectivity index (χ2n) is 6.72.